The number of aromatic nitrogens is 2. The molecule has 3 rings (SSSR count). The zero-order valence-corrected chi connectivity index (χ0v) is 13.0. The largest absolute Gasteiger partial charge is 0.356 e. The van der Waals surface area contributed by atoms with Gasteiger partial charge in [-0.2, -0.15) is 0 Å². The van der Waals surface area contributed by atoms with Gasteiger partial charge in [-0.1, -0.05) is 24.3 Å². The second kappa shape index (κ2) is 7.11. The summed E-state index contributed by atoms with van der Waals surface area (Å²) in [7, 11) is 1.82. The number of para-hydroxylation sites is 2. The molecule has 5 heteroatoms. The Balaban J connectivity index is 1.44. The highest BCUT2D eigenvalue weighted by molar-refractivity contribution is 5.80. The molecule has 0 aliphatic heterocycles. The third-order valence-electron chi connectivity index (χ3n) is 3.97. The molecule has 2 aromatic rings. The lowest BCUT2D eigenvalue weighted by Gasteiger charge is -2.16. The Morgan fingerprint density at radius 2 is 2.14 bits per heavy atom. The van der Waals surface area contributed by atoms with Crippen molar-refractivity contribution < 1.29 is 0 Å². The quantitative estimate of drug-likeness (QED) is 0.385. The number of benzene rings is 1. The molecule has 0 unspecified atom stereocenters. The van der Waals surface area contributed by atoms with Crippen LogP contribution in [0.15, 0.2) is 47.7 Å². The number of nitrogens with one attached hydrogen (secondary N) is 2. The van der Waals surface area contributed by atoms with Gasteiger partial charge in [-0.05, 0) is 31.4 Å². The van der Waals surface area contributed by atoms with E-state index < -0.39 is 0 Å². The van der Waals surface area contributed by atoms with Crippen LogP contribution >= 0.6 is 0 Å². The number of hydrogen-bond donors (Lipinski definition) is 2. The standard InChI is InChI=1S/C17H23N5/c1-18-17(21-14-7-2-3-8-14)19-11-6-12-22-13-20-15-9-4-5-10-16(15)22/h2-5,9-10,13-14H,6-8,11-12H2,1H3,(H2,18,19,21). The van der Waals surface area contributed by atoms with Gasteiger partial charge in [0.2, 0.25) is 0 Å². The van der Waals surface area contributed by atoms with Crippen molar-refractivity contribution in [3.8, 4) is 0 Å². The Labute approximate surface area is 131 Å². The summed E-state index contributed by atoms with van der Waals surface area (Å²) in [6.07, 6.45) is 9.56. The van der Waals surface area contributed by atoms with Crippen LogP contribution in [-0.2, 0) is 6.54 Å². The summed E-state index contributed by atoms with van der Waals surface area (Å²) in [4.78, 5) is 8.70. The summed E-state index contributed by atoms with van der Waals surface area (Å²) >= 11 is 0. The van der Waals surface area contributed by atoms with E-state index in [1.807, 2.05) is 25.5 Å². The van der Waals surface area contributed by atoms with Crippen molar-refractivity contribution in [3.05, 3.63) is 42.7 Å². The fourth-order valence-electron chi connectivity index (χ4n) is 2.77. The summed E-state index contributed by atoms with van der Waals surface area (Å²) in [6.45, 7) is 1.85. The Kier molecular flexibility index (Phi) is 4.73. The lowest BCUT2D eigenvalue weighted by atomic mass is 10.2. The molecule has 1 aliphatic rings. The van der Waals surface area contributed by atoms with Crippen LogP contribution in [0, 0.1) is 0 Å². The van der Waals surface area contributed by atoms with Crippen LogP contribution in [0.25, 0.3) is 11.0 Å². The fourth-order valence-corrected chi connectivity index (χ4v) is 2.77. The highest BCUT2D eigenvalue weighted by atomic mass is 15.2. The Morgan fingerprint density at radius 3 is 2.95 bits per heavy atom. The molecule has 0 saturated heterocycles. The third-order valence-corrected chi connectivity index (χ3v) is 3.97. The third kappa shape index (κ3) is 3.47. The van der Waals surface area contributed by atoms with E-state index in [2.05, 4.69) is 49.5 Å². The lowest BCUT2D eigenvalue weighted by molar-refractivity contribution is 0.609. The van der Waals surface area contributed by atoms with Crippen molar-refractivity contribution in [2.45, 2.75) is 31.8 Å². The number of imidazole rings is 1. The predicted octanol–water partition coefficient (Wildman–Crippen LogP) is 2.31. The molecular weight excluding hydrogens is 274 g/mol. The molecule has 0 atom stereocenters. The molecule has 1 aromatic carbocycles. The molecule has 1 aliphatic carbocycles. The average Bonchev–Trinajstić information content (AvgIpc) is 3.20. The summed E-state index contributed by atoms with van der Waals surface area (Å²) < 4.78 is 2.20. The molecule has 0 amide bonds. The van der Waals surface area contributed by atoms with Crippen molar-refractivity contribution in [3.63, 3.8) is 0 Å². The first kappa shape index (κ1) is 14.6. The zero-order chi connectivity index (χ0) is 15.2. The minimum Gasteiger partial charge on any atom is -0.356 e. The number of aryl methyl sites for hydroxylation is 1. The molecular formula is C17H23N5. The van der Waals surface area contributed by atoms with Crippen molar-refractivity contribution in [1.82, 2.24) is 20.2 Å². The van der Waals surface area contributed by atoms with E-state index in [9.17, 15) is 0 Å². The smallest absolute Gasteiger partial charge is 0.191 e. The Morgan fingerprint density at radius 1 is 1.32 bits per heavy atom. The lowest BCUT2D eigenvalue weighted by Crippen LogP contribution is -2.42. The topological polar surface area (TPSA) is 54.2 Å². The van der Waals surface area contributed by atoms with E-state index in [4.69, 9.17) is 0 Å². The number of nitrogens with zero attached hydrogens (tertiary/aromatic N) is 3. The van der Waals surface area contributed by atoms with Crippen LogP contribution < -0.4 is 10.6 Å². The monoisotopic (exact) mass is 297 g/mol. The summed E-state index contributed by atoms with van der Waals surface area (Å²) in [5.41, 5.74) is 2.25. The van der Waals surface area contributed by atoms with Gasteiger partial charge in [-0.15, -0.1) is 0 Å². The number of rotatable bonds is 5. The van der Waals surface area contributed by atoms with E-state index in [1.54, 1.807) is 0 Å². The molecule has 0 spiro atoms. The van der Waals surface area contributed by atoms with Crippen molar-refractivity contribution in [2.24, 2.45) is 4.99 Å². The van der Waals surface area contributed by atoms with Crippen molar-refractivity contribution >= 4 is 17.0 Å². The van der Waals surface area contributed by atoms with Crippen molar-refractivity contribution in [1.29, 1.82) is 0 Å². The molecule has 1 aromatic heterocycles. The SMILES string of the molecule is CN=C(NCCCn1cnc2ccccc21)NC1CC=CC1. The number of hydrogen-bond acceptors (Lipinski definition) is 2. The molecule has 22 heavy (non-hydrogen) atoms. The predicted molar refractivity (Wildman–Crippen MR) is 91.0 cm³/mol. The minimum atomic E-state index is 0.490. The average molecular weight is 297 g/mol. The van der Waals surface area contributed by atoms with Gasteiger partial charge in [0.1, 0.15) is 0 Å². The summed E-state index contributed by atoms with van der Waals surface area (Å²) in [5.74, 6) is 0.893. The zero-order valence-electron chi connectivity index (χ0n) is 13.0. The van der Waals surface area contributed by atoms with Gasteiger partial charge in [0, 0.05) is 26.2 Å². The van der Waals surface area contributed by atoms with Crippen LogP contribution in [0.5, 0.6) is 0 Å². The molecule has 0 radical (unpaired) electrons. The maximum Gasteiger partial charge on any atom is 0.191 e. The van der Waals surface area contributed by atoms with Gasteiger partial charge in [0.05, 0.1) is 17.4 Å². The first-order valence-corrected chi connectivity index (χ1v) is 7.89. The number of guanidine groups is 1. The maximum atomic E-state index is 4.42. The molecule has 116 valence electrons. The van der Waals surface area contributed by atoms with Crippen LogP contribution in [0.1, 0.15) is 19.3 Å². The van der Waals surface area contributed by atoms with E-state index >= 15 is 0 Å². The summed E-state index contributed by atoms with van der Waals surface area (Å²) in [5, 5.41) is 6.83. The van der Waals surface area contributed by atoms with E-state index in [0.29, 0.717) is 6.04 Å². The van der Waals surface area contributed by atoms with Crippen LogP contribution in [0.3, 0.4) is 0 Å². The first-order valence-electron chi connectivity index (χ1n) is 7.89. The van der Waals surface area contributed by atoms with Crippen molar-refractivity contribution in [2.75, 3.05) is 13.6 Å². The van der Waals surface area contributed by atoms with Crippen LogP contribution in [0.2, 0.25) is 0 Å². The minimum absolute atomic E-state index is 0.490. The molecule has 0 fully saturated rings. The molecule has 0 saturated carbocycles. The molecule has 5 nitrogen and oxygen atoms in total. The number of aliphatic imine (C=N–C) groups is 1. The van der Waals surface area contributed by atoms with E-state index in [0.717, 1.165) is 43.8 Å². The highest BCUT2D eigenvalue weighted by Crippen LogP contribution is 2.12. The molecule has 1 heterocycles. The summed E-state index contributed by atoms with van der Waals surface area (Å²) in [6, 6.07) is 8.73. The molecule has 0 bridgehead atoms. The Hall–Kier alpha value is -2.30. The van der Waals surface area contributed by atoms with E-state index in [1.165, 1.54) is 5.52 Å². The van der Waals surface area contributed by atoms with Crippen LogP contribution in [-0.4, -0.2) is 35.1 Å². The number of fused-ring (bicyclic) bond motifs is 1. The fraction of sp³-hybridized carbons (Fsp3) is 0.412. The molecule has 2 N–H and O–H groups in total. The van der Waals surface area contributed by atoms with Crippen LogP contribution in [0.4, 0.5) is 0 Å². The normalized spacial score (nSPS) is 15.6. The maximum absolute atomic E-state index is 4.42. The Bertz CT molecular complexity index is 662. The second-order valence-corrected chi connectivity index (χ2v) is 5.56. The van der Waals surface area contributed by atoms with Gasteiger partial charge in [-0.25, -0.2) is 4.98 Å². The van der Waals surface area contributed by atoms with E-state index in [-0.39, 0.29) is 0 Å². The van der Waals surface area contributed by atoms with Gasteiger partial charge in [-0.3, -0.25) is 4.99 Å². The van der Waals surface area contributed by atoms with Gasteiger partial charge in [0.25, 0.3) is 0 Å². The highest BCUT2D eigenvalue weighted by Gasteiger charge is 2.11. The van der Waals surface area contributed by atoms with Gasteiger partial charge >= 0.3 is 0 Å². The van der Waals surface area contributed by atoms with Gasteiger partial charge in [0.15, 0.2) is 5.96 Å². The second-order valence-electron chi connectivity index (χ2n) is 5.56. The first-order chi connectivity index (χ1) is 10.9. The van der Waals surface area contributed by atoms with Gasteiger partial charge < -0.3 is 15.2 Å².